The van der Waals surface area contributed by atoms with E-state index in [0.717, 1.165) is 17.5 Å². The molecule has 21 heavy (non-hydrogen) atoms. The molecule has 0 aromatic heterocycles. The lowest BCUT2D eigenvalue weighted by Crippen LogP contribution is -2.15. The van der Waals surface area contributed by atoms with Gasteiger partial charge in [-0.1, -0.05) is 42.8 Å². The van der Waals surface area contributed by atoms with E-state index in [0.29, 0.717) is 29.7 Å². The van der Waals surface area contributed by atoms with Gasteiger partial charge in [-0.2, -0.15) is 0 Å². The van der Waals surface area contributed by atoms with Gasteiger partial charge in [-0.15, -0.1) is 11.6 Å². The zero-order valence-electron chi connectivity index (χ0n) is 11.7. The highest BCUT2D eigenvalue weighted by atomic mass is 35.5. The molecule has 1 unspecified atom stereocenters. The Labute approximate surface area is 134 Å². The molecule has 4 heteroatoms. The highest BCUT2D eigenvalue weighted by molar-refractivity contribution is 6.33. The van der Waals surface area contributed by atoms with Crippen molar-refractivity contribution in [2.75, 3.05) is 13.2 Å². The van der Waals surface area contributed by atoms with Gasteiger partial charge in [0, 0.05) is 11.1 Å². The second-order valence-corrected chi connectivity index (χ2v) is 5.82. The zero-order chi connectivity index (χ0) is 14.8. The molecule has 2 aromatic rings. The number of hydrogen-bond donors (Lipinski definition) is 0. The van der Waals surface area contributed by atoms with Crippen molar-refractivity contribution in [3.8, 4) is 11.5 Å². The quantitative estimate of drug-likeness (QED) is 0.740. The van der Waals surface area contributed by atoms with Gasteiger partial charge in [0.15, 0.2) is 11.5 Å². The first-order valence-corrected chi connectivity index (χ1v) is 7.82. The van der Waals surface area contributed by atoms with Crippen LogP contribution in [0.25, 0.3) is 0 Å². The lowest BCUT2D eigenvalue weighted by molar-refractivity contribution is 0.171. The topological polar surface area (TPSA) is 18.5 Å². The van der Waals surface area contributed by atoms with Crippen molar-refractivity contribution in [2.24, 2.45) is 0 Å². The summed E-state index contributed by atoms with van der Waals surface area (Å²) in [5.41, 5.74) is 3.15. The van der Waals surface area contributed by atoms with Gasteiger partial charge in [0.1, 0.15) is 13.2 Å². The molecule has 0 saturated carbocycles. The largest absolute Gasteiger partial charge is 0.486 e. The molecule has 0 saturated heterocycles. The second kappa shape index (κ2) is 6.17. The Bertz CT molecular complexity index is 638. The van der Waals surface area contributed by atoms with Crippen LogP contribution >= 0.6 is 23.2 Å². The summed E-state index contributed by atoms with van der Waals surface area (Å²) in [5.74, 6) is 1.39. The third-order valence-corrected chi connectivity index (χ3v) is 4.43. The fourth-order valence-corrected chi connectivity index (χ4v) is 3.02. The highest BCUT2D eigenvalue weighted by Crippen LogP contribution is 2.41. The van der Waals surface area contributed by atoms with E-state index < -0.39 is 0 Å². The van der Waals surface area contributed by atoms with Crippen LogP contribution in [0.15, 0.2) is 36.4 Å². The van der Waals surface area contributed by atoms with Gasteiger partial charge in [0.25, 0.3) is 0 Å². The maximum Gasteiger partial charge on any atom is 0.162 e. The summed E-state index contributed by atoms with van der Waals surface area (Å²) in [5, 5.41) is 0.290. The minimum Gasteiger partial charge on any atom is -0.486 e. The first-order valence-electron chi connectivity index (χ1n) is 7.01. The summed E-state index contributed by atoms with van der Waals surface area (Å²) >= 11 is 12.9. The van der Waals surface area contributed by atoms with Crippen molar-refractivity contribution in [3.05, 3.63) is 58.1 Å². The summed E-state index contributed by atoms with van der Waals surface area (Å²) in [4.78, 5) is 0. The number of benzene rings is 2. The van der Waals surface area contributed by atoms with Crippen LogP contribution in [0.1, 0.15) is 29.0 Å². The Hall–Kier alpha value is -1.38. The normalized spacial score (nSPS) is 14.8. The molecule has 3 rings (SSSR count). The van der Waals surface area contributed by atoms with E-state index >= 15 is 0 Å². The summed E-state index contributed by atoms with van der Waals surface area (Å²) in [6, 6.07) is 11.9. The molecular weight excluding hydrogens is 307 g/mol. The van der Waals surface area contributed by atoms with Crippen molar-refractivity contribution in [3.63, 3.8) is 0 Å². The van der Waals surface area contributed by atoms with Gasteiger partial charge in [-0.3, -0.25) is 0 Å². The average Bonchev–Trinajstić information content (AvgIpc) is 2.53. The van der Waals surface area contributed by atoms with E-state index in [1.165, 1.54) is 5.56 Å². The molecule has 0 aliphatic carbocycles. The van der Waals surface area contributed by atoms with E-state index in [-0.39, 0.29) is 5.38 Å². The van der Waals surface area contributed by atoms with Crippen LogP contribution in [0.2, 0.25) is 5.02 Å². The van der Waals surface area contributed by atoms with Gasteiger partial charge in [-0.25, -0.2) is 0 Å². The van der Waals surface area contributed by atoms with Crippen molar-refractivity contribution in [1.29, 1.82) is 0 Å². The van der Waals surface area contributed by atoms with Crippen molar-refractivity contribution in [2.45, 2.75) is 18.7 Å². The van der Waals surface area contributed by atoms with Crippen LogP contribution in [0.3, 0.4) is 0 Å². The third kappa shape index (κ3) is 2.97. The molecule has 0 bridgehead atoms. The molecule has 2 nitrogen and oxygen atoms in total. The maximum atomic E-state index is 6.59. The molecule has 1 heterocycles. The highest BCUT2D eigenvalue weighted by Gasteiger charge is 2.20. The van der Waals surface area contributed by atoms with Crippen molar-refractivity contribution in [1.82, 2.24) is 0 Å². The molecular formula is C17H16Cl2O2. The minimum atomic E-state index is -0.306. The van der Waals surface area contributed by atoms with Gasteiger partial charge >= 0.3 is 0 Å². The number of alkyl halides is 1. The molecule has 0 N–H and O–H groups in total. The zero-order valence-corrected chi connectivity index (χ0v) is 13.2. The molecule has 0 amide bonds. The van der Waals surface area contributed by atoms with Crippen LogP contribution in [-0.4, -0.2) is 13.2 Å². The maximum absolute atomic E-state index is 6.59. The summed E-state index contributed by atoms with van der Waals surface area (Å²) in [6.45, 7) is 3.22. The van der Waals surface area contributed by atoms with Gasteiger partial charge < -0.3 is 9.47 Å². The first kappa shape index (κ1) is 14.6. The van der Waals surface area contributed by atoms with Crippen molar-refractivity contribution >= 4 is 23.2 Å². The lowest BCUT2D eigenvalue weighted by Gasteiger charge is -2.21. The van der Waals surface area contributed by atoms with Gasteiger partial charge in [-0.05, 0) is 29.2 Å². The monoisotopic (exact) mass is 322 g/mol. The number of fused-ring (bicyclic) bond motifs is 1. The van der Waals surface area contributed by atoms with E-state index in [2.05, 4.69) is 19.1 Å². The Morgan fingerprint density at radius 3 is 2.29 bits per heavy atom. The molecule has 2 aromatic carbocycles. The average molecular weight is 323 g/mol. The third-order valence-electron chi connectivity index (χ3n) is 3.62. The fourth-order valence-electron chi connectivity index (χ4n) is 2.38. The number of ether oxygens (including phenoxy) is 2. The van der Waals surface area contributed by atoms with E-state index in [1.54, 1.807) is 6.07 Å². The molecule has 0 spiro atoms. The predicted molar refractivity (Wildman–Crippen MR) is 86.0 cm³/mol. The Morgan fingerprint density at radius 1 is 1.05 bits per heavy atom. The van der Waals surface area contributed by atoms with Crippen LogP contribution in [0, 0.1) is 0 Å². The SMILES string of the molecule is CCc1ccc(C(Cl)c2cc3c(cc2Cl)OCCO3)cc1. The predicted octanol–water partition coefficient (Wildman–Crippen LogP) is 5.00. The number of halogens is 2. The molecule has 1 aliphatic heterocycles. The first-order chi connectivity index (χ1) is 10.2. The lowest BCUT2D eigenvalue weighted by atomic mass is 10.0. The molecule has 1 atom stereocenters. The molecule has 110 valence electrons. The Kier molecular flexibility index (Phi) is 4.27. The summed E-state index contributed by atoms with van der Waals surface area (Å²) in [7, 11) is 0. The van der Waals surface area contributed by atoms with Crippen LogP contribution < -0.4 is 9.47 Å². The standard InChI is InChI=1S/C17H16Cl2O2/c1-2-11-3-5-12(6-4-11)17(19)13-9-15-16(10-14(13)18)21-8-7-20-15/h3-6,9-10,17H,2,7-8H2,1H3. The van der Waals surface area contributed by atoms with Gasteiger partial charge in [0.05, 0.1) is 5.38 Å². The summed E-state index contributed by atoms with van der Waals surface area (Å²) < 4.78 is 11.1. The van der Waals surface area contributed by atoms with Crippen LogP contribution in [-0.2, 0) is 6.42 Å². The van der Waals surface area contributed by atoms with Crippen LogP contribution in [0.4, 0.5) is 0 Å². The van der Waals surface area contributed by atoms with E-state index in [4.69, 9.17) is 32.7 Å². The fraction of sp³-hybridized carbons (Fsp3) is 0.294. The van der Waals surface area contributed by atoms with Crippen LogP contribution in [0.5, 0.6) is 11.5 Å². The Morgan fingerprint density at radius 2 is 1.67 bits per heavy atom. The van der Waals surface area contributed by atoms with E-state index in [9.17, 15) is 0 Å². The molecule has 1 aliphatic rings. The van der Waals surface area contributed by atoms with E-state index in [1.807, 2.05) is 18.2 Å². The molecule has 0 fully saturated rings. The smallest absolute Gasteiger partial charge is 0.162 e. The second-order valence-electron chi connectivity index (χ2n) is 4.98. The minimum absolute atomic E-state index is 0.306. The summed E-state index contributed by atoms with van der Waals surface area (Å²) in [6.07, 6.45) is 1.01. The Balaban J connectivity index is 1.94. The number of aryl methyl sites for hydroxylation is 1. The number of rotatable bonds is 3. The van der Waals surface area contributed by atoms with Gasteiger partial charge in [0.2, 0.25) is 0 Å². The number of hydrogen-bond acceptors (Lipinski definition) is 2. The molecule has 0 radical (unpaired) electrons. The van der Waals surface area contributed by atoms with Crippen molar-refractivity contribution < 1.29 is 9.47 Å².